The molecule has 1 unspecified atom stereocenters. The van der Waals surface area contributed by atoms with Crippen LogP contribution >= 0.6 is 11.8 Å². The second kappa shape index (κ2) is 4.96. The molecule has 3 heteroatoms. The Morgan fingerprint density at radius 2 is 2.35 bits per heavy atom. The highest BCUT2D eigenvalue weighted by Crippen LogP contribution is 2.26. The maximum Gasteiger partial charge on any atom is 0.0435 e. The summed E-state index contributed by atoms with van der Waals surface area (Å²) in [4.78, 5) is 4.21. The summed E-state index contributed by atoms with van der Waals surface area (Å²) >= 11 is 2.07. The van der Waals surface area contributed by atoms with Crippen molar-refractivity contribution < 1.29 is 0 Å². The van der Waals surface area contributed by atoms with Gasteiger partial charge in [-0.1, -0.05) is 12.1 Å². The van der Waals surface area contributed by atoms with E-state index in [4.69, 9.17) is 0 Å². The smallest absolute Gasteiger partial charge is 0.0435 e. The van der Waals surface area contributed by atoms with Crippen LogP contribution in [0.4, 0.5) is 5.69 Å². The highest BCUT2D eigenvalue weighted by molar-refractivity contribution is 7.99. The zero-order valence-corrected chi connectivity index (χ0v) is 10.5. The highest BCUT2D eigenvalue weighted by atomic mass is 32.2. The lowest BCUT2D eigenvalue weighted by molar-refractivity contribution is 0.632. The van der Waals surface area contributed by atoms with Crippen molar-refractivity contribution in [1.82, 2.24) is 4.98 Å². The fourth-order valence-corrected chi connectivity index (χ4v) is 3.55. The molecule has 1 saturated heterocycles. The van der Waals surface area contributed by atoms with E-state index >= 15 is 0 Å². The zero-order chi connectivity index (χ0) is 11.5. The van der Waals surface area contributed by atoms with E-state index in [0.717, 1.165) is 12.5 Å². The van der Waals surface area contributed by atoms with Crippen LogP contribution in [0.25, 0.3) is 10.8 Å². The number of thioether (sulfide) groups is 1. The van der Waals surface area contributed by atoms with Crippen LogP contribution in [-0.2, 0) is 0 Å². The molecule has 0 amide bonds. The summed E-state index contributed by atoms with van der Waals surface area (Å²) in [6, 6.07) is 8.44. The lowest BCUT2D eigenvalue weighted by Gasteiger charge is -2.13. The number of rotatable bonds is 3. The SMILES string of the molecule is c1cc(NCC2CCSC2)c2cnccc2c1. The largest absolute Gasteiger partial charge is 0.384 e. The van der Waals surface area contributed by atoms with E-state index in [9.17, 15) is 0 Å². The average molecular weight is 244 g/mol. The van der Waals surface area contributed by atoms with Gasteiger partial charge in [0.2, 0.25) is 0 Å². The Balaban J connectivity index is 1.79. The van der Waals surface area contributed by atoms with Crippen molar-refractivity contribution >= 4 is 28.2 Å². The lowest BCUT2D eigenvalue weighted by atomic mass is 10.1. The van der Waals surface area contributed by atoms with Crippen LogP contribution < -0.4 is 5.32 Å². The van der Waals surface area contributed by atoms with E-state index < -0.39 is 0 Å². The van der Waals surface area contributed by atoms with Crippen LogP contribution in [0, 0.1) is 5.92 Å². The molecule has 0 saturated carbocycles. The number of nitrogens with zero attached hydrogens (tertiary/aromatic N) is 1. The molecule has 2 aromatic rings. The number of anilines is 1. The summed E-state index contributed by atoms with van der Waals surface area (Å²) in [6.07, 6.45) is 5.14. The zero-order valence-electron chi connectivity index (χ0n) is 9.73. The Morgan fingerprint density at radius 1 is 1.35 bits per heavy atom. The predicted molar refractivity (Wildman–Crippen MR) is 75.7 cm³/mol. The number of nitrogens with one attached hydrogen (secondary N) is 1. The van der Waals surface area contributed by atoms with Gasteiger partial charge in [0.15, 0.2) is 0 Å². The molecule has 1 N–H and O–H groups in total. The third kappa shape index (κ3) is 2.39. The molecule has 88 valence electrons. The van der Waals surface area contributed by atoms with Gasteiger partial charge in [0.25, 0.3) is 0 Å². The summed E-state index contributed by atoms with van der Waals surface area (Å²) < 4.78 is 0. The first kappa shape index (κ1) is 10.9. The van der Waals surface area contributed by atoms with Gasteiger partial charge in [0.1, 0.15) is 0 Å². The van der Waals surface area contributed by atoms with Gasteiger partial charge in [-0.2, -0.15) is 11.8 Å². The molecule has 1 atom stereocenters. The second-order valence-electron chi connectivity index (χ2n) is 4.51. The third-order valence-corrected chi connectivity index (χ3v) is 4.52. The summed E-state index contributed by atoms with van der Waals surface area (Å²) in [5, 5.41) is 6.05. The molecule has 0 aliphatic carbocycles. The van der Waals surface area contributed by atoms with Gasteiger partial charge in [0.05, 0.1) is 0 Å². The van der Waals surface area contributed by atoms with Crippen LogP contribution in [0.15, 0.2) is 36.7 Å². The summed E-state index contributed by atoms with van der Waals surface area (Å²) in [7, 11) is 0. The van der Waals surface area contributed by atoms with Crippen LogP contribution in [-0.4, -0.2) is 23.0 Å². The molecule has 3 rings (SSSR count). The Bertz CT molecular complexity index is 501. The van der Waals surface area contributed by atoms with E-state index in [2.05, 4.69) is 46.3 Å². The molecule has 1 aromatic carbocycles. The molecule has 0 radical (unpaired) electrons. The molecular weight excluding hydrogens is 228 g/mol. The molecule has 0 spiro atoms. The van der Waals surface area contributed by atoms with Gasteiger partial charge in [-0.3, -0.25) is 4.98 Å². The molecule has 1 aromatic heterocycles. The number of hydrogen-bond donors (Lipinski definition) is 1. The number of benzene rings is 1. The minimum atomic E-state index is 0.826. The first-order valence-electron chi connectivity index (χ1n) is 6.08. The van der Waals surface area contributed by atoms with E-state index in [1.807, 2.05) is 12.4 Å². The molecule has 17 heavy (non-hydrogen) atoms. The van der Waals surface area contributed by atoms with E-state index in [1.165, 1.54) is 34.4 Å². The van der Waals surface area contributed by atoms with Gasteiger partial charge in [0, 0.05) is 30.0 Å². The van der Waals surface area contributed by atoms with E-state index in [1.54, 1.807) is 0 Å². The van der Waals surface area contributed by atoms with Gasteiger partial charge < -0.3 is 5.32 Å². The Hall–Kier alpha value is -1.22. The molecular formula is C14H16N2S. The topological polar surface area (TPSA) is 24.9 Å². The number of hydrogen-bond acceptors (Lipinski definition) is 3. The number of pyridine rings is 1. The normalized spacial score (nSPS) is 19.6. The second-order valence-corrected chi connectivity index (χ2v) is 5.66. The van der Waals surface area contributed by atoms with Gasteiger partial charge in [-0.05, 0) is 41.4 Å². The molecule has 2 nitrogen and oxygen atoms in total. The van der Waals surface area contributed by atoms with Crippen LogP contribution in [0.1, 0.15) is 6.42 Å². The molecule has 1 aliphatic rings. The van der Waals surface area contributed by atoms with Crippen molar-refractivity contribution in [3.8, 4) is 0 Å². The van der Waals surface area contributed by atoms with Crippen molar-refractivity contribution in [3.63, 3.8) is 0 Å². The van der Waals surface area contributed by atoms with Crippen LogP contribution in [0.3, 0.4) is 0 Å². The summed E-state index contributed by atoms with van der Waals surface area (Å²) in [6.45, 7) is 1.08. The van der Waals surface area contributed by atoms with Gasteiger partial charge in [-0.15, -0.1) is 0 Å². The minimum absolute atomic E-state index is 0.826. The highest BCUT2D eigenvalue weighted by Gasteiger charge is 2.15. The first-order valence-corrected chi connectivity index (χ1v) is 7.23. The summed E-state index contributed by atoms with van der Waals surface area (Å²) in [5.41, 5.74) is 1.22. The predicted octanol–water partition coefficient (Wildman–Crippen LogP) is 3.40. The average Bonchev–Trinajstić information content (AvgIpc) is 2.89. The Morgan fingerprint density at radius 3 is 3.24 bits per heavy atom. The Kier molecular flexibility index (Phi) is 3.18. The Labute approximate surface area is 106 Å². The van der Waals surface area contributed by atoms with Crippen molar-refractivity contribution in [2.24, 2.45) is 5.92 Å². The van der Waals surface area contributed by atoms with Crippen LogP contribution in [0.2, 0.25) is 0 Å². The third-order valence-electron chi connectivity index (χ3n) is 3.29. The monoisotopic (exact) mass is 244 g/mol. The minimum Gasteiger partial charge on any atom is -0.384 e. The maximum atomic E-state index is 4.21. The quantitative estimate of drug-likeness (QED) is 0.895. The standard InChI is InChI=1S/C14H16N2S/c1-2-12-4-6-15-9-13(12)14(3-1)16-8-11-5-7-17-10-11/h1-4,6,9,11,16H,5,7-8,10H2. The molecule has 0 bridgehead atoms. The first-order chi connectivity index (χ1) is 8.43. The molecule has 2 heterocycles. The van der Waals surface area contributed by atoms with Gasteiger partial charge >= 0.3 is 0 Å². The van der Waals surface area contributed by atoms with Crippen molar-refractivity contribution in [1.29, 1.82) is 0 Å². The molecule has 1 aliphatic heterocycles. The van der Waals surface area contributed by atoms with Crippen molar-refractivity contribution in [3.05, 3.63) is 36.7 Å². The van der Waals surface area contributed by atoms with E-state index in [-0.39, 0.29) is 0 Å². The lowest BCUT2D eigenvalue weighted by Crippen LogP contribution is -2.13. The van der Waals surface area contributed by atoms with Crippen LogP contribution in [0.5, 0.6) is 0 Å². The fourth-order valence-electron chi connectivity index (χ4n) is 2.27. The number of fused-ring (bicyclic) bond motifs is 1. The number of aromatic nitrogens is 1. The molecule has 1 fully saturated rings. The van der Waals surface area contributed by atoms with Crippen molar-refractivity contribution in [2.75, 3.05) is 23.4 Å². The van der Waals surface area contributed by atoms with Gasteiger partial charge in [-0.25, -0.2) is 0 Å². The fraction of sp³-hybridized carbons (Fsp3) is 0.357. The van der Waals surface area contributed by atoms with Crippen molar-refractivity contribution in [2.45, 2.75) is 6.42 Å². The maximum absolute atomic E-state index is 4.21. The summed E-state index contributed by atoms with van der Waals surface area (Å²) in [5.74, 6) is 3.45. The van der Waals surface area contributed by atoms with E-state index in [0.29, 0.717) is 0 Å².